The highest BCUT2D eigenvalue weighted by atomic mass is 19.1. The van der Waals surface area contributed by atoms with Gasteiger partial charge < -0.3 is 30.2 Å². The molecule has 208 valence electrons. The summed E-state index contributed by atoms with van der Waals surface area (Å²) < 4.78 is 23.6. The molecule has 2 aromatic rings. The predicted molar refractivity (Wildman–Crippen MR) is 140 cm³/mol. The number of halogens is 1. The van der Waals surface area contributed by atoms with E-state index >= 15 is 0 Å². The van der Waals surface area contributed by atoms with Crippen molar-refractivity contribution in [2.45, 2.75) is 64.0 Å². The SMILES string of the molecule is CC[C@H]1CCN(C(=O)[C@H]2CC[C@H]([C@H](N)CF)CC2)[C@@H]1C(=O)Nc1ccc2oc(C(=O)OCCCO)cc2c1. The average Bonchev–Trinajstić information content (AvgIpc) is 3.56. The highest BCUT2D eigenvalue weighted by Gasteiger charge is 2.43. The third-order valence-corrected chi connectivity index (χ3v) is 8.02. The number of anilines is 1. The number of nitrogens with zero attached hydrogens (tertiary/aromatic N) is 1. The Morgan fingerprint density at radius 1 is 1.21 bits per heavy atom. The van der Waals surface area contributed by atoms with Crippen molar-refractivity contribution in [1.29, 1.82) is 0 Å². The first kappa shape index (κ1) is 28.0. The fourth-order valence-corrected chi connectivity index (χ4v) is 5.78. The average molecular weight is 532 g/mol. The van der Waals surface area contributed by atoms with Crippen LogP contribution in [0.15, 0.2) is 28.7 Å². The molecule has 1 aromatic heterocycles. The fraction of sp³-hybridized carbons (Fsp3) is 0.607. The van der Waals surface area contributed by atoms with Gasteiger partial charge in [-0.1, -0.05) is 13.3 Å². The first-order chi connectivity index (χ1) is 18.4. The molecule has 2 amide bonds. The molecule has 1 saturated heterocycles. The number of fused-ring (bicyclic) bond motifs is 1. The molecule has 0 bridgehead atoms. The molecule has 2 aliphatic rings. The van der Waals surface area contributed by atoms with Gasteiger partial charge >= 0.3 is 5.97 Å². The van der Waals surface area contributed by atoms with E-state index in [1.165, 1.54) is 0 Å². The molecule has 4 rings (SSSR count). The predicted octanol–water partition coefficient (Wildman–Crippen LogP) is 3.64. The number of alkyl halides is 1. The fourth-order valence-electron chi connectivity index (χ4n) is 5.78. The lowest BCUT2D eigenvalue weighted by Crippen LogP contribution is -2.48. The lowest BCUT2D eigenvalue weighted by molar-refractivity contribution is -0.142. The van der Waals surface area contributed by atoms with Crippen molar-refractivity contribution in [2.24, 2.45) is 23.5 Å². The molecule has 38 heavy (non-hydrogen) atoms. The van der Waals surface area contributed by atoms with Crippen LogP contribution in [0.5, 0.6) is 0 Å². The quantitative estimate of drug-likeness (QED) is 0.315. The Kier molecular flexibility index (Phi) is 9.38. The maximum atomic E-state index is 13.5. The number of aliphatic hydroxyl groups is 1. The minimum absolute atomic E-state index is 0.00279. The van der Waals surface area contributed by atoms with E-state index in [0.29, 0.717) is 42.5 Å². The maximum absolute atomic E-state index is 13.5. The number of nitrogens with one attached hydrogen (secondary N) is 1. The van der Waals surface area contributed by atoms with Crippen molar-refractivity contribution in [2.75, 3.05) is 31.7 Å². The molecular formula is C28H38FN3O6. The first-order valence-corrected chi connectivity index (χ1v) is 13.6. The first-order valence-electron chi connectivity index (χ1n) is 13.6. The highest BCUT2D eigenvalue weighted by molar-refractivity contribution is 6.00. The van der Waals surface area contributed by atoms with Gasteiger partial charge in [-0.05, 0) is 68.2 Å². The standard InChI is InChI=1S/C28H38FN3O6/c1-2-17-10-11-32(27(35)19-6-4-18(5-7-19)22(30)16-29)25(17)26(34)31-21-8-9-23-20(14-21)15-24(38-23)28(36)37-13-3-12-33/h8-9,14-15,17-19,22,25,33H,2-7,10-13,16,30H2,1H3,(H,31,34)/t17-,18-,19-,22+,25-/m0/s1. The number of benzene rings is 1. The second kappa shape index (κ2) is 12.7. The summed E-state index contributed by atoms with van der Waals surface area (Å²) in [7, 11) is 0. The van der Waals surface area contributed by atoms with Gasteiger partial charge in [0.25, 0.3) is 0 Å². The molecule has 1 aliphatic heterocycles. The number of furan rings is 1. The number of nitrogens with two attached hydrogens (primary N) is 1. The number of esters is 1. The zero-order valence-corrected chi connectivity index (χ0v) is 21.9. The summed E-state index contributed by atoms with van der Waals surface area (Å²) in [5.74, 6) is -0.805. The van der Waals surface area contributed by atoms with Crippen LogP contribution in [0.2, 0.25) is 0 Å². The van der Waals surface area contributed by atoms with Crippen molar-refractivity contribution in [3.63, 3.8) is 0 Å². The third kappa shape index (κ3) is 6.18. The summed E-state index contributed by atoms with van der Waals surface area (Å²) in [6.45, 7) is 2.05. The van der Waals surface area contributed by atoms with Crippen molar-refractivity contribution in [3.05, 3.63) is 30.0 Å². The van der Waals surface area contributed by atoms with E-state index in [2.05, 4.69) is 5.32 Å². The van der Waals surface area contributed by atoms with Crippen LogP contribution < -0.4 is 11.1 Å². The summed E-state index contributed by atoms with van der Waals surface area (Å²) in [5, 5.41) is 12.4. The van der Waals surface area contributed by atoms with E-state index in [9.17, 15) is 18.8 Å². The number of carbonyl (C=O) groups is 3. The van der Waals surface area contributed by atoms with Gasteiger partial charge in [-0.2, -0.15) is 0 Å². The molecule has 1 aromatic carbocycles. The van der Waals surface area contributed by atoms with Gasteiger partial charge in [0.2, 0.25) is 17.6 Å². The van der Waals surface area contributed by atoms with Crippen LogP contribution in [0.1, 0.15) is 62.4 Å². The Hall–Kier alpha value is -2.98. The van der Waals surface area contributed by atoms with Crippen LogP contribution in [0, 0.1) is 17.8 Å². The number of rotatable bonds is 10. The molecule has 3 atom stereocenters. The molecule has 2 fully saturated rings. The second-order valence-electron chi connectivity index (χ2n) is 10.4. The van der Waals surface area contributed by atoms with Crippen molar-refractivity contribution in [3.8, 4) is 0 Å². The number of aliphatic hydroxyl groups excluding tert-OH is 1. The molecule has 0 unspecified atom stereocenters. The molecule has 10 heteroatoms. The van der Waals surface area contributed by atoms with Gasteiger partial charge in [-0.3, -0.25) is 9.59 Å². The topological polar surface area (TPSA) is 135 Å². The zero-order chi connectivity index (χ0) is 27.2. The van der Waals surface area contributed by atoms with Crippen molar-refractivity contribution in [1.82, 2.24) is 4.90 Å². The normalized spacial score (nSPS) is 24.4. The number of hydrogen-bond acceptors (Lipinski definition) is 7. The summed E-state index contributed by atoms with van der Waals surface area (Å²) >= 11 is 0. The summed E-state index contributed by atoms with van der Waals surface area (Å²) in [4.78, 5) is 40.9. The van der Waals surface area contributed by atoms with Crippen LogP contribution in [0.25, 0.3) is 11.0 Å². The molecule has 4 N–H and O–H groups in total. The summed E-state index contributed by atoms with van der Waals surface area (Å²) in [6, 6.07) is 5.61. The third-order valence-electron chi connectivity index (χ3n) is 8.02. The Balaban J connectivity index is 1.42. The molecule has 2 heterocycles. The minimum Gasteiger partial charge on any atom is -0.460 e. The summed E-state index contributed by atoms with van der Waals surface area (Å²) in [5.41, 5.74) is 6.89. The monoisotopic (exact) mass is 531 g/mol. The van der Waals surface area contributed by atoms with Crippen LogP contribution >= 0.6 is 0 Å². The Morgan fingerprint density at radius 2 is 1.97 bits per heavy atom. The van der Waals surface area contributed by atoms with E-state index in [0.717, 1.165) is 25.7 Å². The van der Waals surface area contributed by atoms with E-state index < -0.39 is 24.7 Å². The number of ether oxygens (including phenoxy) is 1. The lowest BCUT2D eigenvalue weighted by Gasteiger charge is -2.34. The van der Waals surface area contributed by atoms with E-state index in [1.807, 2.05) is 6.92 Å². The van der Waals surface area contributed by atoms with Crippen molar-refractivity contribution < 1.29 is 33.0 Å². The molecule has 0 radical (unpaired) electrons. The largest absolute Gasteiger partial charge is 0.460 e. The lowest BCUT2D eigenvalue weighted by atomic mass is 9.78. The van der Waals surface area contributed by atoms with E-state index in [-0.39, 0.29) is 48.5 Å². The Bertz CT molecular complexity index is 1130. The zero-order valence-electron chi connectivity index (χ0n) is 21.9. The van der Waals surface area contributed by atoms with Gasteiger partial charge in [0.05, 0.1) is 6.61 Å². The molecule has 1 saturated carbocycles. The van der Waals surface area contributed by atoms with Crippen LogP contribution in [-0.4, -0.2) is 66.3 Å². The van der Waals surface area contributed by atoms with Crippen LogP contribution in [0.4, 0.5) is 10.1 Å². The van der Waals surface area contributed by atoms with Crippen LogP contribution in [-0.2, 0) is 14.3 Å². The molecule has 0 spiro atoms. The Morgan fingerprint density at radius 3 is 2.66 bits per heavy atom. The van der Waals surface area contributed by atoms with E-state index in [1.54, 1.807) is 29.2 Å². The highest BCUT2D eigenvalue weighted by Crippen LogP contribution is 2.36. The molecule has 1 aliphatic carbocycles. The van der Waals surface area contributed by atoms with Gasteiger partial charge in [0, 0.05) is 42.6 Å². The number of hydrogen-bond donors (Lipinski definition) is 3. The van der Waals surface area contributed by atoms with Crippen molar-refractivity contribution >= 4 is 34.4 Å². The number of amides is 2. The maximum Gasteiger partial charge on any atom is 0.374 e. The molecular weight excluding hydrogens is 493 g/mol. The van der Waals surface area contributed by atoms with Gasteiger partial charge in [0.1, 0.15) is 18.3 Å². The minimum atomic E-state index is -0.619. The van der Waals surface area contributed by atoms with Gasteiger partial charge in [-0.25, -0.2) is 9.18 Å². The molecule has 9 nitrogen and oxygen atoms in total. The van der Waals surface area contributed by atoms with Gasteiger partial charge in [-0.15, -0.1) is 0 Å². The number of carbonyl (C=O) groups excluding carboxylic acids is 3. The van der Waals surface area contributed by atoms with E-state index in [4.69, 9.17) is 20.0 Å². The van der Waals surface area contributed by atoms with Gasteiger partial charge in [0.15, 0.2) is 0 Å². The summed E-state index contributed by atoms with van der Waals surface area (Å²) in [6.07, 6.45) is 4.68. The Labute approximate surface area is 221 Å². The second-order valence-corrected chi connectivity index (χ2v) is 10.4. The number of likely N-dealkylation sites (tertiary alicyclic amines) is 1. The van der Waals surface area contributed by atoms with Crippen LogP contribution in [0.3, 0.4) is 0 Å². The smallest absolute Gasteiger partial charge is 0.374 e.